The van der Waals surface area contributed by atoms with Crippen molar-refractivity contribution in [3.05, 3.63) is 65.7 Å². The lowest BCUT2D eigenvalue weighted by Gasteiger charge is -2.34. The molecule has 7 heteroatoms. The highest BCUT2D eigenvalue weighted by molar-refractivity contribution is 5.85. The predicted molar refractivity (Wildman–Crippen MR) is 120 cm³/mol. The lowest BCUT2D eigenvalue weighted by Crippen LogP contribution is -2.48. The number of nitrogens with one attached hydrogen (secondary N) is 1. The second-order valence-corrected chi connectivity index (χ2v) is 7.65. The number of hydrogen-bond acceptors (Lipinski definition) is 4. The number of piperazine rings is 1. The van der Waals surface area contributed by atoms with E-state index in [0.717, 1.165) is 38.3 Å². The van der Waals surface area contributed by atoms with Crippen molar-refractivity contribution in [2.45, 2.75) is 32.9 Å². The van der Waals surface area contributed by atoms with E-state index in [1.807, 2.05) is 36.9 Å². The van der Waals surface area contributed by atoms with E-state index >= 15 is 0 Å². The second kappa shape index (κ2) is 11.6. The van der Waals surface area contributed by atoms with E-state index in [1.54, 1.807) is 12.1 Å². The maximum atomic E-state index is 12.6. The SMILES string of the molecule is CC(C)NC(=O)Oc1ccc(CC(=O)N2CCN(Cc3ccccc3)CC2)cc1.Cl. The Morgan fingerprint density at radius 2 is 1.57 bits per heavy atom. The van der Waals surface area contributed by atoms with Crippen LogP contribution in [0.15, 0.2) is 54.6 Å². The van der Waals surface area contributed by atoms with Crippen molar-refractivity contribution in [1.82, 2.24) is 15.1 Å². The van der Waals surface area contributed by atoms with Crippen molar-refractivity contribution < 1.29 is 14.3 Å². The summed E-state index contributed by atoms with van der Waals surface area (Å²) in [6.07, 6.45) is -0.117. The van der Waals surface area contributed by atoms with Crippen molar-refractivity contribution in [3.8, 4) is 5.75 Å². The minimum absolute atomic E-state index is 0. The lowest BCUT2D eigenvalue weighted by atomic mass is 10.1. The van der Waals surface area contributed by atoms with Gasteiger partial charge in [-0.25, -0.2) is 4.79 Å². The number of carbonyl (C=O) groups excluding carboxylic acids is 2. The summed E-state index contributed by atoms with van der Waals surface area (Å²) in [4.78, 5) is 28.6. The molecule has 1 aliphatic rings. The van der Waals surface area contributed by atoms with E-state index in [9.17, 15) is 9.59 Å². The number of nitrogens with zero attached hydrogens (tertiary/aromatic N) is 2. The Kier molecular flexibility index (Phi) is 9.15. The van der Waals surface area contributed by atoms with Crippen LogP contribution in [0, 0.1) is 0 Å². The number of benzene rings is 2. The molecule has 162 valence electrons. The molecule has 1 saturated heterocycles. The summed E-state index contributed by atoms with van der Waals surface area (Å²) in [5.74, 6) is 0.601. The normalized spacial score (nSPS) is 14.2. The van der Waals surface area contributed by atoms with E-state index in [0.29, 0.717) is 12.2 Å². The first-order valence-electron chi connectivity index (χ1n) is 10.1. The molecule has 30 heavy (non-hydrogen) atoms. The van der Waals surface area contributed by atoms with Gasteiger partial charge in [-0.1, -0.05) is 42.5 Å². The molecule has 0 aliphatic carbocycles. The van der Waals surface area contributed by atoms with E-state index in [4.69, 9.17) is 4.74 Å². The summed E-state index contributed by atoms with van der Waals surface area (Å²) in [6.45, 7) is 7.95. The van der Waals surface area contributed by atoms with Crippen LogP contribution in [0.25, 0.3) is 0 Å². The molecule has 0 radical (unpaired) electrons. The molecule has 1 fully saturated rings. The smallest absolute Gasteiger partial charge is 0.410 e. The third-order valence-electron chi connectivity index (χ3n) is 4.87. The maximum absolute atomic E-state index is 12.6. The van der Waals surface area contributed by atoms with Gasteiger partial charge in [0.15, 0.2) is 0 Å². The molecule has 0 saturated carbocycles. The van der Waals surface area contributed by atoms with Crippen LogP contribution in [0.3, 0.4) is 0 Å². The van der Waals surface area contributed by atoms with Gasteiger partial charge in [-0.15, -0.1) is 12.4 Å². The highest BCUT2D eigenvalue weighted by atomic mass is 35.5. The molecule has 0 bridgehead atoms. The largest absolute Gasteiger partial charge is 0.412 e. The standard InChI is InChI=1S/C23H29N3O3.ClH/c1-18(2)24-23(28)29-21-10-8-19(9-11-21)16-22(27)26-14-12-25(13-15-26)17-20-6-4-3-5-7-20;/h3-11,18H,12-17H2,1-2H3,(H,24,28);1H. The predicted octanol–water partition coefficient (Wildman–Crippen LogP) is 3.49. The fraction of sp³-hybridized carbons (Fsp3) is 0.391. The third kappa shape index (κ3) is 7.35. The van der Waals surface area contributed by atoms with Crippen LogP contribution in [0.5, 0.6) is 5.75 Å². The Bertz CT molecular complexity index is 804. The van der Waals surface area contributed by atoms with E-state index in [1.165, 1.54) is 5.56 Å². The van der Waals surface area contributed by atoms with Crippen molar-refractivity contribution in [3.63, 3.8) is 0 Å². The fourth-order valence-corrected chi connectivity index (χ4v) is 3.33. The maximum Gasteiger partial charge on any atom is 0.412 e. The summed E-state index contributed by atoms with van der Waals surface area (Å²) in [7, 11) is 0. The summed E-state index contributed by atoms with van der Waals surface area (Å²) < 4.78 is 5.21. The average Bonchev–Trinajstić information content (AvgIpc) is 2.70. The molecule has 0 atom stereocenters. The van der Waals surface area contributed by atoms with Crippen LogP contribution < -0.4 is 10.1 Å². The van der Waals surface area contributed by atoms with E-state index < -0.39 is 6.09 Å². The van der Waals surface area contributed by atoms with E-state index in [-0.39, 0.29) is 24.4 Å². The van der Waals surface area contributed by atoms with Gasteiger partial charge < -0.3 is 15.0 Å². The van der Waals surface area contributed by atoms with Crippen LogP contribution in [0.4, 0.5) is 4.79 Å². The average molecular weight is 432 g/mol. The molecular formula is C23H30ClN3O3. The third-order valence-corrected chi connectivity index (χ3v) is 4.87. The quantitative estimate of drug-likeness (QED) is 0.760. The zero-order chi connectivity index (χ0) is 20.6. The van der Waals surface area contributed by atoms with Crippen molar-refractivity contribution in [1.29, 1.82) is 0 Å². The Hall–Kier alpha value is -2.57. The van der Waals surface area contributed by atoms with Crippen LogP contribution in [-0.4, -0.2) is 54.0 Å². The topological polar surface area (TPSA) is 61.9 Å². The highest BCUT2D eigenvalue weighted by Gasteiger charge is 2.21. The van der Waals surface area contributed by atoms with Gasteiger partial charge in [0.1, 0.15) is 5.75 Å². The van der Waals surface area contributed by atoms with Gasteiger partial charge in [0.2, 0.25) is 5.91 Å². The van der Waals surface area contributed by atoms with Crippen molar-refractivity contribution in [2.24, 2.45) is 0 Å². The van der Waals surface area contributed by atoms with Crippen LogP contribution in [-0.2, 0) is 17.8 Å². The summed E-state index contributed by atoms with van der Waals surface area (Å²) >= 11 is 0. The number of rotatable bonds is 6. The first kappa shape index (κ1) is 23.7. The summed E-state index contributed by atoms with van der Waals surface area (Å²) in [5.41, 5.74) is 2.22. The number of carbonyl (C=O) groups is 2. The molecule has 1 heterocycles. The number of amides is 2. The molecular weight excluding hydrogens is 402 g/mol. The Morgan fingerprint density at radius 1 is 0.933 bits per heavy atom. The second-order valence-electron chi connectivity index (χ2n) is 7.65. The number of hydrogen-bond donors (Lipinski definition) is 1. The summed E-state index contributed by atoms with van der Waals surface area (Å²) in [5, 5.41) is 2.67. The van der Waals surface area contributed by atoms with Crippen LogP contribution in [0.1, 0.15) is 25.0 Å². The number of halogens is 1. The zero-order valence-electron chi connectivity index (χ0n) is 17.5. The van der Waals surface area contributed by atoms with Gasteiger partial charge in [-0.2, -0.15) is 0 Å². The molecule has 1 aliphatic heterocycles. The highest BCUT2D eigenvalue weighted by Crippen LogP contribution is 2.15. The minimum Gasteiger partial charge on any atom is -0.410 e. The van der Waals surface area contributed by atoms with E-state index in [2.05, 4.69) is 34.5 Å². The minimum atomic E-state index is -0.475. The Labute approximate surface area is 184 Å². The fourth-order valence-electron chi connectivity index (χ4n) is 3.33. The van der Waals surface area contributed by atoms with Crippen LogP contribution >= 0.6 is 12.4 Å². The first-order valence-corrected chi connectivity index (χ1v) is 10.1. The number of ether oxygens (including phenoxy) is 1. The molecule has 2 amide bonds. The van der Waals surface area contributed by atoms with Gasteiger partial charge in [0.25, 0.3) is 0 Å². The molecule has 0 aromatic heterocycles. The van der Waals surface area contributed by atoms with Crippen molar-refractivity contribution >= 4 is 24.4 Å². The molecule has 0 spiro atoms. The van der Waals surface area contributed by atoms with Gasteiger partial charge in [0, 0.05) is 38.8 Å². The molecule has 6 nitrogen and oxygen atoms in total. The summed E-state index contributed by atoms with van der Waals surface area (Å²) in [6, 6.07) is 17.6. The van der Waals surface area contributed by atoms with Gasteiger partial charge in [0.05, 0.1) is 6.42 Å². The van der Waals surface area contributed by atoms with Gasteiger partial charge in [-0.3, -0.25) is 9.69 Å². The van der Waals surface area contributed by atoms with Crippen molar-refractivity contribution in [2.75, 3.05) is 26.2 Å². The zero-order valence-corrected chi connectivity index (χ0v) is 18.4. The molecule has 0 unspecified atom stereocenters. The Balaban J connectivity index is 0.00000320. The monoisotopic (exact) mass is 431 g/mol. The lowest BCUT2D eigenvalue weighted by molar-refractivity contribution is -0.132. The van der Waals surface area contributed by atoms with Crippen LogP contribution in [0.2, 0.25) is 0 Å². The van der Waals surface area contributed by atoms with Gasteiger partial charge in [-0.05, 0) is 37.1 Å². The van der Waals surface area contributed by atoms with Gasteiger partial charge >= 0.3 is 6.09 Å². The molecule has 2 aromatic carbocycles. The Morgan fingerprint density at radius 3 is 2.17 bits per heavy atom. The molecule has 2 aromatic rings. The molecule has 1 N–H and O–H groups in total. The first-order chi connectivity index (χ1) is 14.0. The molecule has 3 rings (SSSR count).